The summed E-state index contributed by atoms with van der Waals surface area (Å²) in [5, 5.41) is 3.17. The van der Waals surface area contributed by atoms with Crippen LogP contribution in [0.4, 0.5) is 5.00 Å². The number of hydrogen-bond acceptors (Lipinski definition) is 8. The van der Waals surface area contributed by atoms with Gasteiger partial charge in [0.2, 0.25) is 6.79 Å². The maximum Gasteiger partial charge on any atom is 0.341 e. The zero-order chi connectivity index (χ0) is 27.4. The fourth-order valence-corrected chi connectivity index (χ4v) is 6.24. The number of amides is 1. The van der Waals surface area contributed by atoms with Gasteiger partial charge in [-0.25, -0.2) is 4.79 Å². The summed E-state index contributed by atoms with van der Waals surface area (Å²) in [6, 6.07) is 5.66. The first kappa shape index (κ1) is 28.0. The van der Waals surface area contributed by atoms with Gasteiger partial charge in [-0.15, -0.1) is 11.3 Å². The second-order valence-corrected chi connectivity index (χ2v) is 12.2. The molecule has 2 aliphatic rings. The number of fused-ring (bicyclic) bond motifs is 1. The molecule has 1 aromatic carbocycles. The van der Waals surface area contributed by atoms with Crippen LogP contribution >= 0.6 is 11.3 Å². The second-order valence-electron chi connectivity index (χ2n) is 11.0. The van der Waals surface area contributed by atoms with E-state index in [0.717, 1.165) is 41.7 Å². The van der Waals surface area contributed by atoms with E-state index in [-0.39, 0.29) is 30.7 Å². The van der Waals surface area contributed by atoms with E-state index in [1.54, 1.807) is 6.92 Å². The Morgan fingerprint density at radius 1 is 1.05 bits per heavy atom. The quantitative estimate of drug-likeness (QED) is 0.415. The number of anilines is 1. The molecule has 1 saturated carbocycles. The average molecular weight is 544 g/mol. The Morgan fingerprint density at radius 2 is 1.76 bits per heavy atom. The van der Waals surface area contributed by atoms with Crippen molar-refractivity contribution in [1.82, 2.24) is 0 Å². The smallest absolute Gasteiger partial charge is 0.341 e. The molecule has 0 saturated heterocycles. The highest BCUT2D eigenvalue weighted by Crippen LogP contribution is 2.40. The standard InChI is InChI=1S/C29H37NO7S/c1-6-34-28(33)25-21(13-18-7-12-22-23(14-18)37-16-36-22)17(2)38-26(25)30-24(31)15-35-27(32)19-8-10-20(11-9-19)29(3,4)5/h7,12,14,19-20H,6,8-11,13,15-16H2,1-5H3,(H,30,31). The molecule has 0 bridgehead atoms. The van der Waals surface area contributed by atoms with Crippen molar-refractivity contribution in [3.05, 3.63) is 39.8 Å². The summed E-state index contributed by atoms with van der Waals surface area (Å²) in [4.78, 5) is 39.2. The van der Waals surface area contributed by atoms with Gasteiger partial charge in [-0.2, -0.15) is 0 Å². The molecule has 0 unspecified atom stereocenters. The molecule has 0 atom stereocenters. The minimum atomic E-state index is -0.504. The Hall–Kier alpha value is -3.07. The van der Waals surface area contributed by atoms with E-state index in [1.165, 1.54) is 11.3 Å². The summed E-state index contributed by atoms with van der Waals surface area (Å²) in [5.41, 5.74) is 2.27. The fraction of sp³-hybridized carbons (Fsp3) is 0.552. The number of hydrogen-bond donors (Lipinski definition) is 1. The SMILES string of the molecule is CCOC(=O)c1c(NC(=O)COC(=O)C2CCC(C(C)(C)C)CC2)sc(C)c1Cc1ccc2c(c1)OCO2. The molecule has 4 rings (SSSR count). The third-order valence-electron chi connectivity index (χ3n) is 7.39. The van der Waals surface area contributed by atoms with Crippen molar-refractivity contribution in [3.8, 4) is 11.5 Å². The maximum absolute atomic E-state index is 12.9. The number of aryl methyl sites for hydroxylation is 1. The minimum Gasteiger partial charge on any atom is -0.462 e. The normalized spacial score (nSPS) is 18.7. The van der Waals surface area contributed by atoms with Gasteiger partial charge in [0.1, 0.15) is 5.00 Å². The van der Waals surface area contributed by atoms with Crippen LogP contribution in [0.5, 0.6) is 11.5 Å². The average Bonchev–Trinajstić information content (AvgIpc) is 3.46. The molecular weight excluding hydrogens is 506 g/mol. The van der Waals surface area contributed by atoms with Gasteiger partial charge in [0.05, 0.1) is 18.1 Å². The molecule has 2 heterocycles. The van der Waals surface area contributed by atoms with Crippen molar-refractivity contribution in [2.24, 2.45) is 17.3 Å². The van der Waals surface area contributed by atoms with Gasteiger partial charge in [-0.1, -0.05) is 26.8 Å². The van der Waals surface area contributed by atoms with E-state index in [2.05, 4.69) is 26.1 Å². The lowest BCUT2D eigenvalue weighted by Crippen LogP contribution is -2.31. The third kappa shape index (κ3) is 6.49. The predicted molar refractivity (Wildman–Crippen MR) is 145 cm³/mol. The molecule has 1 aliphatic heterocycles. The number of ether oxygens (including phenoxy) is 4. The van der Waals surface area contributed by atoms with Gasteiger partial charge in [0.15, 0.2) is 18.1 Å². The van der Waals surface area contributed by atoms with Gasteiger partial charge in [-0.3, -0.25) is 9.59 Å². The summed E-state index contributed by atoms with van der Waals surface area (Å²) >= 11 is 1.30. The first-order valence-corrected chi connectivity index (χ1v) is 14.0. The van der Waals surface area contributed by atoms with E-state index >= 15 is 0 Å². The van der Waals surface area contributed by atoms with Crippen molar-refractivity contribution in [3.63, 3.8) is 0 Å². The number of carbonyl (C=O) groups is 3. The van der Waals surface area contributed by atoms with Crippen LogP contribution in [-0.4, -0.2) is 37.9 Å². The van der Waals surface area contributed by atoms with Crippen LogP contribution in [0.2, 0.25) is 0 Å². The van der Waals surface area contributed by atoms with Crippen LogP contribution in [0.25, 0.3) is 0 Å². The van der Waals surface area contributed by atoms with Gasteiger partial charge in [0, 0.05) is 4.88 Å². The first-order chi connectivity index (χ1) is 18.1. The number of rotatable bonds is 8. The molecule has 0 radical (unpaired) electrons. The van der Waals surface area contributed by atoms with Crippen LogP contribution in [0, 0.1) is 24.2 Å². The van der Waals surface area contributed by atoms with E-state index in [0.29, 0.717) is 34.4 Å². The Balaban J connectivity index is 1.41. The van der Waals surface area contributed by atoms with Gasteiger partial charge >= 0.3 is 11.9 Å². The molecule has 206 valence electrons. The lowest BCUT2D eigenvalue weighted by Gasteiger charge is -2.36. The molecule has 9 heteroatoms. The van der Waals surface area contributed by atoms with Crippen molar-refractivity contribution < 1.29 is 33.3 Å². The van der Waals surface area contributed by atoms with E-state index < -0.39 is 18.5 Å². The number of carbonyl (C=O) groups excluding carboxylic acids is 3. The first-order valence-electron chi connectivity index (χ1n) is 13.2. The number of nitrogens with one attached hydrogen (secondary N) is 1. The topological polar surface area (TPSA) is 100 Å². The summed E-state index contributed by atoms with van der Waals surface area (Å²) in [5.74, 6) is 0.447. The zero-order valence-electron chi connectivity index (χ0n) is 22.8. The van der Waals surface area contributed by atoms with Crippen molar-refractivity contribution >= 4 is 34.2 Å². The van der Waals surface area contributed by atoms with Crippen LogP contribution in [0.3, 0.4) is 0 Å². The molecule has 1 N–H and O–H groups in total. The van der Waals surface area contributed by atoms with Crippen LogP contribution in [0.1, 0.15) is 79.7 Å². The van der Waals surface area contributed by atoms with Crippen LogP contribution in [-0.2, 0) is 25.5 Å². The molecule has 1 aromatic heterocycles. The van der Waals surface area contributed by atoms with Crippen molar-refractivity contribution in [1.29, 1.82) is 0 Å². The Morgan fingerprint density at radius 3 is 2.45 bits per heavy atom. The second kappa shape index (κ2) is 11.8. The van der Waals surface area contributed by atoms with Gasteiger partial charge in [-0.05, 0) is 80.5 Å². The molecule has 8 nitrogen and oxygen atoms in total. The van der Waals surface area contributed by atoms with E-state index in [1.807, 2.05) is 25.1 Å². The molecule has 1 amide bonds. The Kier molecular flexibility index (Phi) is 8.65. The Bertz CT molecular complexity index is 1190. The largest absolute Gasteiger partial charge is 0.462 e. The third-order valence-corrected chi connectivity index (χ3v) is 8.45. The fourth-order valence-electron chi connectivity index (χ4n) is 5.17. The lowest BCUT2D eigenvalue weighted by atomic mass is 9.70. The molecule has 0 spiro atoms. The van der Waals surface area contributed by atoms with E-state index in [4.69, 9.17) is 18.9 Å². The van der Waals surface area contributed by atoms with Crippen molar-refractivity contribution in [2.45, 2.75) is 66.7 Å². The summed E-state index contributed by atoms with van der Waals surface area (Å²) < 4.78 is 21.6. The van der Waals surface area contributed by atoms with E-state index in [9.17, 15) is 14.4 Å². The van der Waals surface area contributed by atoms with Crippen LogP contribution < -0.4 is 14.8 Å². The summed E-state index contributed by atoms with van der Waals surface area (Å²) in [6.45, 7) is 10.3. The minimum absolute atomic E-state index is 0.172. The predicted octanol–water partition coefficient (Wildman–Crippen LogP) is 5.89. The summed E-state index contributed by atoms with van der Waals surface area (Å²) in [6.07, 6.45) is 3.98. The molecule has 38 heavy (non-hydrogen) atoms. The van der Waals surface area contributed by atoms with Gasteiger partial charge in [0.25, 0.3) is 5.91 Å². The number of thiophene rings is 1. The highest BCUT2D eigenvalue weighted by Gasteiger charge is 2.33. The van der Waals surface area contributed by atoms with Crippen LogP contribution in [0.15, 0.2) is 18.2 Å². The van der Waals surface area contributed by atoms with Gasteiger partial charge < -0.3 is 24.3 Å². The molecule has 1 aliphatic carbocycles. The molecular formula is C29H37NO7S. The molecule has 2 aromatic rings. The highest BCUT2D eigenvalue weighted by atomic mass is 32.1. The summed E-state index contributed by atoms with van der Waals surface area (Å²) in [7, 11) is 0. The Labute approximate surface area is 228 Å². The zero-order valence-corrected chi connectivity index (χ0v) is 23.6. The monoisotopic (exact) mass is 543 g/mol. The number of esters is 2. The maximum atomic E-state index is 12.9. The van der Waals surface area contributed by atoms with Crippen molar-refractivity contribution in [2.75, 3.05) is 25.3 Å². The molecule has 1 fully saturated rings. The highest BCUT2D eigenvalue weighted by molar-refractivity contribution is 7.16. The number of benzene rings is 1. The lowest BCUT2D eigenvalue weighted by molar-refractivity contribution is -0.153.